The summed E-state index contributed by atoms with van der Waals surface area (Å²) in [6, 6.07) is 59.7. The first-order chi connectivity index (χ1) is 24.8. The lowest BCUT2D eigenvalue weighted by Gasteiger charge is -2.10. The van der Waals surface area contributed by atoms with E-state index in [0.717, 1.165) is 22.4 Å². The summed E-state index contributed by atoms with van der Waals surface area (Å²) in [5.74, 6) is 2.00. The van der Waals surface area contributed by atoms with E-state index in [1.807, 2.05) is 72.0 Å². The van der Waals surface area contributed by atoms with E-state index in [1.54, 1.807) is 0 Å². The quantitative estimate of drug-likeness (QED) is 0.185. The van der Waals surface area contributed by atoms with Gasteiger partial charge in [0.25, 0.3) is 0 Å². The maximum atomic E-state index is 5.06. The molecule has 0 spiro atoms. The van der Waals surface area contributed by atoms with E-state index in [0.29, 0.717) is 17.5 Å². The first kappa shape index (κ1) is 28.6. The zero-order chi connectivity index (χ0) is 33.0. The van der Waals surface area contributed by atoms with Crippen molar-refractivity contribution in [3.63, 3.8) is 0 Å². The van der Waals surface area contributed by atoms with Crippen molar-refractivity contribution in [2.75, 3.05) is 0 Å². The van der Waals surface area contributed by atoms with Crippen molar-refractivity contribution in [3.05, 3.63) is 170 Å². The van der Waals surface area contributed by atoms with Crippen LogP contribution in [0.5, 0.6) is 0 Å². The average molecular weight is 657 g/mol. The van der Waals surface area contributed by atoms with Gasteiger partial charge in [0.05, 0.1) is 11.0 Å². The Morgan fingerprint density at radius 1 is 0.380 bits per heavy atom. The van der Waals surface area contributed by atoms with Crippen LogP contribution in [0.15, 0.2) is 170 Å². The summed E-state index contributed by atoms with van der Waals surface area (Å²) in [5, 5.41) is 4.88. The fourth-order valence-electron chi connectivity index (χ4n) is 7.13. The number of thiophene rings is 1. The number of aromatic nitrogens is 4. The van der Waals surface area contributed by atoms with Crippen molar-refractivity contribution in [2.45, 2.75) is 0 Å². The van der Waals surface area contributed by atoms with Gasteiger partial charge in [-0.2, -0.15) is 0 Å². The molecule has 0 unspecified atom stereocenters. The van der Waals surface area contributed by atoms with Crippen LogP contribution in [0.25, 0.3) is 93.0 Å². The molecule has 234 valence electrons. The standard InChI is InChI=1S/C45H28N4S/c1-4-13-29(14-5-1)43-46-44(30-15-6-2-7-16-30)48-45(47-43)37-20-12-22-40-42(37)36-26-24-32(28-41(36)50-40)31-23-25-35-34-19-10-11-21-38(34)49(39(35)27-31)33-17-8-3-9-18-33/h1-28H. The molecule has 0 aliphatic heterocycles. The van der Waals surface area contributed by atoms with Crippen LogP contribution in [0.4, 0.5) is 0 Å². The Morgan fingerprint density at radius 2 is 0.960 bits per heavy atom. The predicted octanol–water partition coefficient (Wildman–Crippen LogP) is 12.0. The van der Waals surface area contributed by atoms with Crippen molar-refractivity contribution in [2.24, 2.45) is 0 Å². The fraction of sp³-hybridized carbons (Fsp3) is 0. The van der Waals surface area contributed by atoms with Crippen LogP contribution in [0.3, 0.4) is 0 Å². The van der Waals surface area contributed by atoms with Crippen LogP contribution >= 0.6 is 11.3 Å². The van der Waals surface area contributed by atoms with Gasteiger partial charge in [-0.05, 0) is 47.5 Å². The molecule has 3 aromatic heterocycles. The normalized spacial score (nSPS) is 11.6. The minimum atomic E-state index is 0.664. The lowest BCUT2D eigenvalue weighted by molar-refractivity contribution is 1.08. The van der Waals surface area contributed by atoms with E-state index in [-0.39, 0.29) is 0 Å². The Balaban J connectivity index is 1.13. The van der Waals surface area contributed by atoms with Crippen molar-refractivity contribution in [1.82, 2.24) is 19.5 Å². The summed E-state index contributed by atoms with van der Waals surface area (Å²) < 4.78 is 4.81. The SMILES string of the molecule is c1ccc(-c2nc(-c3ccccc3)nc(-c3cccc4sc5cc(-c6ccc7c8ccccc8n(-c8ccccc8)c7c6)ccc5c34)n2)cc1. The first-order valence-corrected chi connectivity index (χ1v) is 17.5. The lowest BCUT2D eigenvalue weighted by atomic mass is 10.0. The zero-order valence-corrected chi connectivity index (χ0v) is 27.7. The van der Waals surface area contributed by atoms with Crippen LogP contribution in [0.1, 0.15) is 0 Å². The second kappa shape index (κ2) is 11.6. The van der Waals surface area contributed by atoms with E-state index in [4.69, 9.17) is 15.0 Å². The molecule has 10 aromatic rings. The summed E-state index contributed by atoms with van der Waals surface area (Å²) >= 11 is 1.81. The molecule has 0 atom stereocenters. The molecule has 0 fully saturated rings. The maximum absolute atomic E-state index is 5.06. The van der Waals surface area contributed by atoms with Crippen LogP contribution in [-0.2, 0) is 0 Å². The molecule has 0 aliphatic carbocycles. The van der Waals surface area contributed by atoms with Gasteiger partial charge in [-0.15, -0.1) is 11.3 Å². The van der Waals surface area contributed by atoms with Gasteiger partial charge in [0.2, 0.25) is 0 Å². The molecule has 10 rings (SSSR count). The van der Waals surface area contributed by atoms with Crippen molar-refractivity contribution in [3.8, 4) is 51.0 Å². The summed E-state index contributed by atoms with van der Waals surface area (Å²) in [5.41, 5.74) is 8.88. The molecule has 0 aliphatic rings. The second-order valence-electron chi connectivity index (χ2n) is 12.5. The minimum Gasteiger partial charge on any atom is -0.309 e. The largest absolute Gasteiger partial charge is 0.309 e. The molecule has 0 radical (unpaired) electrons. The Hall–Kier alpha value is -6.43. The van der Waals surface area contributed by atoms with Gasteiger partial charge in [-0.25, -0.2) is 15.0 Å². The van der Waals surface area contributed by atoms with Crippen LogP contribution in [0, 0.1) is 0 Å². The summed E-state index contributed by atoms with van der Waals surface area (Å²) in [4.78, 5) is 15.0. The fourth-order valence-corrected chi connectivity index (χ4v) is 8.30. The third-order valence-electron chi connectivity index (χ3n) is 9.46. The molecule has 7 aromatic carbocycles. The highest BCUT2D eigenvalue weighted by molar-refractivity contribution is 7.26. The monoisotopic (exact) mass is 656 g/mol. The van der Waals surface area contributed by atoms with Crippen molar-refractivity contribution >= 4 is 53.3 Å². The van der Waals surface area contributed by atoms with E-state index in [1.165, 1.54) is 53.1 Å². The Bertz CT molecular complexity index is 2800. The average Bonchev–Trinajstić information content (AvgIpc) is 3.74. The third-order valence-corrected chi connectivity index (χ3v) is 10.6. The van der Waals surface area contributed by atoms with Gasteiger partial charge in [-0.1, -0.05) is 133 Å². The van der Waals surface area contributed by atoms with Gasteiger partial charge in [0.15, 0.2) is 17.5 Å². The number of fused-ring (bicyclic) bond motifs is 6. The molecule has 0 N–H and O–H groups in total. The highest BCUT2D eigenvalue weighted by atomic mass is 32.1. The molecule has 50 heavy (non-hydrogen) atoms. The molecule has 0 bridgehead atoms. The van der Waals surface area contributed by atoms with E-state index < -0.39 is 0 Å². The molecular formula is C45H28N4S. The molecule has 5 heteroatoms. The molecule has 0 saturated carbocycles. The van der Waals surface area contributed by atoms with Gasteiger partial charge >= 0.3 is 0 Å². The smallest absolute Gasteiger partial charge is 0.164 e. The number of rotatable bonds is 5. The number of hydrogen-bond donors (Lipinski definition) is 0. The first-order valence-electron chi connectivity index (χ1n) is 16.7. The molecule has 3 heterocycles. The van der Waals surface area contributed by atoms with Crippen LogP contribution < -0.4 is 0 Å². The van der Waals surface area contributed by atoms with Crippen LogP contribution in [-0.4, -0.2) is 19.5 Å². The Kier molecular flexibility index (Phi) is 6.64. The summed E-state index contributed by atoms with van der Waals surface area (Å²) in [6.45, 7) is 0. The highest BCUT2D eigenvalue weighted by Crippen LogP contribution is 2.42. The summed E-state index contributed by atoms with van der Waals surface area (Å²) in [7, 11) is 0. The van der Waals surface area contributed by atoms with Gasteiger partial charge in [-0.3, -0.25) is 0 Å². The van der Waals surface area contributed by atoms with E-state index in [2.05, 4.69) is 114 Å². The Morgan fingerprint density at radius 3 is 1.68 bits per heavy atom. The Labute approximate surface area is 292 Å². The molecule has 0 saturated heterocycles. The number of benzene rings is 7. The van der Waals surface area contributed by atoms with Crippen molar-refractivity contribution < 1.29 is 0 Å². The minimum absolute atomic E-state index is 0.664. The van der Waals surface area contributed by atoms with E-state index in [9.17, 15) is 0 Å². The number of para-hydroxylation sites is 2. The third kappa shape index (κ3) is 4.71. The van der Waals surface area contributed by atoms with Crippen molar-refractivity contribution in [1.29, 1.82) is 0 Å². The number of hydrogen-bond acceptors (Lipinski definition) is 4. The highest BCUT2D eigenvalue weighted by Gasteiger charge is 2.18. The molecular weight excluding hydrogens is 629 g/mol. The van der Waals surface area contributed by atoms with E-state index >= 15 is 0 Å². The van der Waals surface area contributed by atoms with Gasteiger partial charge in [0.1, 0.15) is 0 Å². The van der Waals surface area contributed by atoms with Gasteiger partial charge < -0.3 is 4.57 Å². The predicted molar refractivity (Wildman–Crippen MR) is 209 cm³/mol. The molecule has 0 amide bonds. The maximum Gasteiger partial charge on any atom is 0.164 e. The zero-order valence-electron chi connectivity index (χ0n) is 26.9. The van der Waals surface area contributed by atoms with Crippen LogP contribution in [0.2, 0.25) is 0 Å². The lowest BCUT2D eigenvalue weighted by Crippen LogP contribution is -2.00. The summed E-state index contributed by atoms with van der Waals surface area (Å²) in [6.07, 6.45) is 0. The molecule has 4 nitrogen and oxygen atoms in total. The number of nitrogens with zero attached hydrogens (tertiary/aromatic N) is 4. The van der Waals surface area contributed by atoms with Gasteiger partial charge in [0, 0.05) is 53.3 Å². The topological polar surface area (TPSA) is 43.6 Å². The second-order valence-corrected chi connectivity index (χ2v) is 13.5.